The molecule has 0 aliphatic heterocycles. The molecule has 0 heterocycles. The molecule has 0 rings (SSSR count). The van der Waals surface area contributed by atoms with Crippen molar-refractivity contribution in [3.63, 3.8) is 0 Å². The molecule has 0 bridgehead atoms. The van der Waals surface area contributed by atoms with Gasteiger partial charge in [-0.25, -0.2) is 0 Å². The standard InChI is InChI=1S/C20H39O/c1-2-3-4-5-6-7-8-9-10-11-12-13-14-15-16-17-18-19-20-21/h17-19,21H,2-16,20H2,1H3. The van der Waals surface area contributed by atoms with E-state index in [-0.39, 0.29) is 6.61 Å². The van der Waals surface area contributed by atoms with Crippen LogP contribution >= 0.6 is 0 Å². The van der Waals surface area contributed by atoms with Crippen molar-refractivity contribution < 1.29 is 5.11 Å². The second-order valence-corrected chi connectivity index (χ2v) is 6.23. The van der Waals surface area contributed by atoms with E-state index in [9.17, 15) is 0 Å². The maximum absolute atomic E-state index is 8.58. The minimum absolute atomic E-state index is 0.162. The Bertz CT molecular complexity index is 198. The molecule has 0 fully saturated rings. The third-order valence-electron chi connectivity index (χ3n) is 4.10. The van der Waals surface area contributed by atoms with E-state index in [2.05, 4.69) is 13.3 Å². The van der Waals surface area contributed by atoms with Crippen LogP contribution in [0.4, 0.5) is 0 Å². The summed E-state index contributed by atoms with van der Waals surface area (Å²) in [5, 5.41) is 8.58. The van der Waals surface area contributed by atoms with Crippen molar-refractivity contribution in [2.24, 2.45) is 0 Å². The first-order chi connectivity index (χ1) is 10.4. The smallest absolute Gasteiger partial charge is 0.0612 e. The lowest BCUT2D eigenvalue weighted by atomic mass is 10.0. The third kappa shape index (κ3) is 19.7. The molecule has 0 unspecified atom stereocenters. The Morgan fingerprint density at radius 2 is 1.05 bits per heavy atom. The highest BCUT2D eigenvalue weighted by atomic mass is 16.2. The zero-order chi connectivity index (χ0) is 15.4. The van der Waals surface area contributed by atoms with E-state index in [1.165, 1.54) is 89.9 Å². The Hall–Kier alpha value is -0.300. The minimum atomic E-state index is 0.162. The zero-order valence-electron chi connectivity index (χ0n) is 14.5. The van der Waals surface area contributed by atoms with Crippen molar-refractivity contribution in [1.82, 2.24) is 0 Å². The molecule has 0 aromatic rings. The van der Waals surface area contributed by atoms with E-state index in [1.54, 1.807) is 6.08 Å². The molecule has 0 aliphatic carbocycles. The third-order valence-corrected chi connectivity index (χ3v) is 4.10. The Balaban J connectivity index is 2.95. The summed E-state index contributed by atoms with van der Waals surface area (Å²) in [6.45, 7) is 2.45. The van der Waals surface area contributed by atoms with Gasteiger partial charge >= 0.3 is 0 Å². The molecule has 0 aromatic carbocycles. The Morgan fingerprint density at radius 1 is 0.619 bits per heavy atom. The summed E-state index contributed by atoms with van der Waals surface area (Å²) in [7, 11) is 0. The molecule has 0 aliphatic rings. The van der Waals surface area contributed by atoms with Gasteiger partial charge in [-0.3, -0.25) is 0 Å². The number of unbranched alkanes of at least 4 members (excludes halogenated alkanes) is 15. The van der Waals surface area contributed by atoms with Crippen LogP contribution in [0.3, 0.4) is 0 Å². The van der Waals surface area contributed by atoms with Crippen LogP contribution in [0, 0.1) is 6.42 Å². The van der Waals surface area contributed by atoms with Gasteiger partial charge in [-0.1, -0.05) is 109 Å². The summed E-state index contributed by atoms with van der Waals surface area (Å²) in [5.74, 6) is 0. The van der Waals surface area contributed by atoms with Gasteiger partial charge in [0.2, 0.25) is 0 Å². The van der Waals surface area contributed by atoms with Gasteiger partial charge in [0.1, 0.15) is 0 Å². The molecule has 0 spiro atoms. The van der Waals surface area contributed by atoms with Crippen LogP contribution < -0.4 is 0 Å². The highest BCUT2D eigenvalue weighted by Crippen LogP contribution is 2.13. The maximum atomic E-state index is 8.58. The number of rotatable bonds is 17. The van der Waals surface area contributed by atoms with Crippen molar-refractivity contribution >= 4 is 0 Å². The molecule has 1 N–H and O–H groups in total. The van der Waals surface area contributed by atoms with E-state index in [0.717, 1.165) is 6.42 Å². The van der Waals surface area contributed by atoms with Crippen molar-refractivity contribution in [3.8, 4) is 0 Å². The topological polar surface area (TPSA) is 20.2 Å². The van der Waals surface area contributed by atoms with Crippen LogP contribution in [0.5, 0.6) is 0 Å². The van der Waals surface area contributed by atoms with E-state index < -0.39 is 0 Å². The van der Waals surface area contributed by atoms with Crippen LogP contribution in [0.2, 0.25) is 0 Å². The first-order valence-corrected chi connectivity index (χ1v) is 9.51. The fraction of sp³-hybridized carbons (Fsp3) is 0.850. The SMILES string of the molecule is CCCCCCCCCCCCCCCC[CH]C=CCO. The average Bonchev–Trinajstić information content (AvgIpc) is 2.50. The van der Waals surface area contributed by atoms with Gasteiger partial charge in [-0.2, -0.15) is 0 Å². The molecule has 21 heavy (non-hydrogen) atoms. The quantitative estimate of drug-likeness (QED) is 0.299. The lowest BCUT2D eigenvalue weighted by Crippen LogP contribution is -1.83. The van der Waals surface area contributed by atoms with Crippen LogP contribution in [-0.2, 0) is 0 Å². The van der Waals surface area contributed by atoms with Gasteiger partial charge in [0.15, 0.2) is 0 Å². The maximum Gasteiger partial charge on any atom is 0.0612 e. The second-order valence-electron chi connectivity index (χ2n) is 6.23. The van der Waals surface area contributed by atoms with Gasteiger partial charge in [-0.15, -0.1) is 0 Å². The molecular weight excluding hydrogens is 256 g/mol. The summed E-state index contributed by atoms with van der Waals surface area (Å²) in [4.78, 5) is 0. The van der Waals surface area contributed by atoms with E-state index in [4.69, 9.17) is 5.11 Å². The minimum Gasteiger partial charge on any atom is -0.392 e. The molecule has 0 atom stereocenters. The largest absolute Gasteiger partial charge is 0.392 e. The highest BCUT2D eigenvalue weighted by molar-refractivity contribution is 4.93. The average molecular weight is 296 g/mol. The van der Waals surface area contributed by atoms with E-state index in [1.807, 2.05) is 6.08 Å². The predicted octanol–water partition coefficient (Wildman–Crippen LogP) is 6.61. The van der Waals surface area contributed by atoms with Gasteiger partial charge < -0.3 is 5.11 Å². The van der Waals surface area contributed by atoms with Crippen molar-refractivity contribution in [2.75, 3.05) is 6.61 Å². The zero-order valence-corrected chi connectivity index (χ0v) is 14.5. The van der Waals surface area contributed by atoms with Gasteiger partial charge in [0.05, 0.1) is 6.61 Å². The predicted molar refractivity (Wildman–Crippen MR) is 95.5 cm³/mol. The monoisotopic (exact) mass is 295 g/mol. The Kier molecular flexibility index (Phi) is 19.4. The van der Waals surface area contributed by atoms with Crippen LogP contribution in [0.25, 0.3) is 0 Å². The molecule has 0 aromatic heterocycles. The number of allylic oxidation sites excluding steroid dienone is 1. The lowest BCUT2D eigenvalue weighted by molar-refractivity contribution is 0.342. The lowest BCUT2D eigenvalue weighted by Gasteiger charge is -2.03. The fourth-order valence-corrected chi connectivity index (χ4v) is 2.71. The summed E-state index contributed by atoms with van der Waals surface area (Å²) in [6.07, 6.45) is 27.0. The molecule has 0 saturated carbocycles. The normalized spacial score (nSPS) is 11.5. The molecule has 0 amide bonds. The number of hydrogen-bond donors (Lipinski definition) is 1. The second kappa shape index (κ2) is 19.7. The molecule has 125 valence electrons. The molecule has 0 saturated heterocycles. The molecule has 1 heteroatoms. The number of aliphatic hydroxyl groups excluding tert-OH is 1. The first-order valence-electron chi connectivity index (χ1n) is 9.51. The number of aliphatic hydroxyl groups is 1. The van der Waals surface area contributed by atoms with Crippen LogP contribution in [0.1, 0.15) is 103 Å². The summed E-state index contributed by atoms with van der Waals surface area (Å²) in [6, 6.07) is 0. The van der Waals surface area contributed by atoms with Crippen LogP contribution in [-0.4, -0.2) is 11.7 Å². The van der Waals surface area contributed by atoms with Crippen molar-refractivity contribution in [1.29, 1.82) is 0 Å². The van der Waals surface area contributed by atoms with Gasteiger partial charge in [0, 0.05) is 0 Å². The Morgan fingerprint density at radius 3 is 1.48 bits per heavy atom. The van der Waals surface area contributed by atoms with Crippen molar-refractivity contribution in [3.05, 3.63) is 18.6 Å². The number of hydrogen-bond acceptors (Lipinski definition) is 1. The van der Waals surface area contributed by atoms with Gasteiger partial charge in [-0.05, 0) is 12.8 Å². The van der Waals surface area contributed by atoms with Crippen molar-refractivity contribution in [2.45, 2.75) is 103 Å². The summed E-state index contributed by atoms with van der Waals surface area (Å²) in [5.41, 5.74) is 0. The molecule has 1 radical (unpaired) electrons. The first kappa shape index (κ1) is 20.7. The van der Waals surface area contributed by atoms with Gasteiger partial charge in [0.25, 0.3) is 0 Å². The summed E-state index contributed by atoms with van der Waals surface area (Å²) < 4.78 is 0. The summed E-state index contributed by atoms with van der Waals surface area (Å²) >= 11 is 0. The van der Waals surface area contributed by atoms with Crippen LogP contribution in [0.15, 0.2) is 12.2 Å². The Labute approximate surface area is 134 Å². The molecule has 1 nitrogen and oxygen atoms in total. The molecular formula is C20H39O. The fourth-order valence-electron chi connectivity index (χ4n) is 2.71. The van der Waals surface area contributed by atoms with E-state index in [0.29, 0.717) is 0 Å². The highest BCUT2D eigenvalue weighted by Gasteiger charge is 1.94. The van der Waals surface area contributed by atoms with E-state index >= 15 is 0 Å².